The van der Waals surface area contributed by atoms with Gasteiger partial charge in [0.25, 0.3) is 0 Å². The van der Waals surface area contributed by atoms with Crippen LogP contribution < -0.4 is 10.6 Å². The normalized spacial score (nSPS) is 14.6. The van der Waals surface area contributed by atoms with Crippen molar-refractivity contribution in [1.82, 2.24) is 25.4 Å². The molecule has 0 saturated heterocycles. The second-order valence-corrected chi connectivity index (χ2v) is 5.97. The van der Waals surface area contributed by atoms with Gasteiger partial charge in [0.1, 0.15) is 18.5 Å². The van der Waals surface area contributed by atoms with E-state index >= 15 is 0 Å². The largest absolute Gasteiger partial charge is 0.384 e. The molecule has 8 heteroatoms. The summed E-state index contributed by atoms with van der Waals surface area (Å²) < 4.78 is 1.83. The fraction of sp³-hybridized carbons (Fsp3) is 0.500. The number of hydrogen-bond donors (Lipinski definition) is 3. The van der Waals surface area contributed by atoms with Crippen LogP contribution in [0, 0.1) is 0 Å². The van der Waals surface area contributed by atoms with Gasteiger partial charge in [-0.25, -0.2) is 4.99 Å². The first-order chi connectivity index (χ1) is 10.5. The zero-order chi connectivity index (χ0) is 16.0. The third-order valence-corrected chi connectivity index (χ3v) is 3.95. The Morgan fingerprint density at radius 1 is 1.50 bits per heavy atom. The molecule has 1 atom stereocenters. The van der Waals surface area contributed by atoms with Crippen LogP contribution in [-0.4, -0.2) is 38.9 Å². The summed E-state index contributed by atoms with van der Waals surface area (Å²) in [6.45, 7) is 5.32. The minimum atomic E-state index is -0.943. The van der Waals surface area contributed by atoms with Crippen molar-refractivity contribution in [3.63, 3.8) is 0 Å². The molecule has 0 amide bonds. The fourth-order valence-electron chi connectivity index (χ4n) is 1.87. The van der Waals surface area contributed by atoms with E-state index in [0.717, 1.165) is 17.9 Å². The molecule has 0 aromatic carbocycles. The van der Waals surface area contributed by atoms with Gasteiger partial charge in [-0.1, -0.05) is 0 Å². The molecule has 22 heavy (non-hydrogen) atoms. The van der Waals surface area contributed by atoms with E-state index in [-0.39, 0.29) is 0 Å². The molecule has 7 nitrogen and oxygen atoms in total. The van der Waals surface area contributed by atoms with Crippen LogP contribution in [0.1, 0.15) is 25.2 Å². The first kappa shape index (κ1) is 16.4. The lowest BCUT2D eigenvalue weighted by Gasteiger charge is -2.24. The molecule has 0 fully saturated rings. The van der Waals surface area contributed by atoms with Gasteiger partial charge >= 0.3 is 0 Å². The van der Waals surface area contributed by atoms with Gasteiger partial charge in [0.15, 0.2) is 11.8 Å². The lowest BCUT2D eigenvalue weighted by Crippen LogP contribution is -2.44. The fourth-order valence-corrected chi connectivity index (χ4v) is 2.65. The van der Waals surface area contributed by atoms with Crippen LogP contribution >= 0.6 is 11.3 Å². The molecule has 3 N–H and O–H groups in total. The first-order valence-electron chi connectivity index (χ1n) is 7.13. The van der Waals surface area contributed by atoms with Crippen molar-refractivity contribution >= 4 is 17.3 Å². The number of thiophene rings is 1. The van der Waals surface area contributed by atoms with Crippen LogP contribution in [0.2, 0.25) is 0 Å². The van der Waals surface area contributed by atoms with Gasteiger partial charge in [0.2, 0.25) is 0 Å². The Balaban J connectivity index is 1.98. The molecule has 0 bridgehead atoms. The third-order valence-electron chi connectivity index (χ3n) is 3.27. The molecule has 2 heterocycles. The number of aliphatic hydroxyl groups is 1. The summed E-state index contributed by atoms with van der Waals surface area (Å²) in [7, 11) is 1.88. The van der Waals surface area contributed by atoms with Crippen LogP contribution in [0.4, 0.5) is 0 Å². The Kier molecular flexibility index (Phi) is 5.51. The Hall–Kier alpha value is -1.93. The van der Waals surface area contributed by atoms with E-state index in [1.54, 1.807) is 24.6 Å². The lowest BCUT2D eigenvalue weighted by molar-refractivity contribution is 0.0621. The number of aromatic nitrogens is 3. The molecular formula is C14H22N6OS. The second-order valence-electron chi connectivity index (χ2n) is 5.19. The Morgan fingerprint density at radius 3 is 2.91 bits per heavy atom. The SMILES string of the molecule is CCNC(=NCc1nncn1C)NCC(C)(O)c1ccsc1. The van der Waals surface area contributed by atoms with E-state index in [1.165, 1.54) is 0 Å². The third kappa shape index (κ3) is 4.28. The monoisotopic (exact) mass is 322 g/mol. The quantitative estimate of drug-likeness (QED) is 0.542. The van der Waals surface area contributed by atoms with E-state index in [0.29, 0.717) is 19.0 Å². The van der Waals surface area contributed by atoms with Crippen LogP contribution in [0.15, 0.2) is 28.1 Å². The van der Waals surface area contributed by atoms with Gasteiger partial charge in [-0.3, -0.25) is 0 Å². The first-order valence-corrected chi connectivity index (χ1v) is 8.07. The molecule has 0 saturated carbocycles. The van der Waals surface area contributed by atoms with Gasteiger partial charge in [-0.15, -0.1) is 10.2 Å². The maximum absolute atomic E-state index is 10.5. The van der Waals surface area contributed by atoms with E-state index < -0.39 is 5.60 Å². The zero-order valence-electron chi connectivity index (χ0n) is 13.1. The Morgan fingerprint density at radius 2 is 2.32 bits per heavy atom. The standard InChI is InChI=1S/C14H22N6OS/c1-4-15-13(16-7-12-19-18-10-20(12)3)17-9-14(2,21)11-5-6-22-8-11/h5-6,8,10,21H,4,7,9H2,1-3H3,(H2,15,16,17). The number of guanidine groups is 1. The highest BCUT2D eigenvalue weighted by atomic mass is 32.1. The summed E-state index contributed by atoms with van der Waals surface area (Å²) in [6, 6.07) is 1.93. The molecule has 2 rings (SSSR count). The molecule has 0 aliphatic heterocycles. The summed E-state index contributed by atoms with van der Waals surface area (Å²) >= 11 is 1.57. The van der Waals surface area contributed by atoms with Crippen LogP contribution in [0.5, 0.6) is 0 Å². The molecular weight excluding hydrogens is 300 g/mol. The van der Waals surface area contributed by atoms with Gasteiger partial charge < -0.3 is 20.3 Å². The molecule has 1 unspecified atom stereocenters. The molecule has 0 spiro atoms. The van der Waals surface area contributed by atoms with Crippen molar-refractivity contribution in [3.05, 3.63) is 34.5 Å². The maximum atomic E-state index is 10.5. The number of nitrogens with one attached hydrogen (secondary N) is 2. The van der Waals surface area contributed by atoms with Gasteiger partial charge in [0.05, 0.1) is 6.54 Å². The number of hydrogen-bond acceptors (Lipinski definition) is 5. The van der Waals surface area contributed by atoms with Gasteiger partial charge in [-0.2, -0.15) is 11.3 Å². The highest BCUT2D eigenvalue weighted by molar-refractivity contribution is 7.08. The molecule has 2 aromatic rings. The van der Waals surface area contributed by atoms with Crippen molar-refractivity contribution in [1.29, 1.82) is 0 Å². The topological polar surface area (TPSA) is 87.4 Å². The van der Waals surface area contributed by atoms with Gasteiger partial charge in [-0.05, 0) is 36.2 Å². The number of aliphatic imine (C=N–C) groups is 1. The number of rotatable bonds is 6. The summed E-state index contributed by atoms with van der Waals surface area (Å²) in [5, 5.41) is 28.6. The minimum absolute atomic E-state index is 0.369. The van der Waals surface area contributed by atoms with Crippen molar-refractivity contribution in [2.24, 2.45) is 12.0 Å². The number of aryl methyl sites for hydroxylation is 1. The maximum Gasteiger partial charge on any atom is 0.191 e. The molecule has 120 valence electrons. The molecule has 0 radical (unpaired) electrons. The highest BCUT2D eigenvalue weighted by Crippen LogP contribution is 2.21. The van der Waals surface area contributed by atoms with E-state index in [9.17, 15) is 5.11 Å². The Labute approximate surface area is 134 Å². The van der Waals surface area contributed by atoms with Crippen LogP contribution in [0.25, 0.3) is 0 Å². The van der Waals surface area contributed by atoms with Crippen molar-refractivity contribution < 1.29 is 5.11 Å². The van der Waals surface area contributed by atoms with Crippen molar-refractivity contribution in [2.75, 3.05) is 13.1 Å². The lowest BCUT2D eigenvalue weighted by atomic mass is 9.99. The van der Waals surface area contributed by atoms with Gasteiger partial charge in [0, 0.05) is 13.6 Å². The molecule has 2 aromatic heterocycles. The van der Waals surface area contributed by atoms with E-state index in [1.807, 2.05) is 35.4 Å². The minimum Gasteiger partial charge on any atom is -0.384 e. The summed E-state index contributed by atoms with van der Waals surface area (Å²) in [6.07, 6.45) is 1.65. The van der Waals surface area contributed by atoms with Crippen molar-refractivity contribution in [3.8, 4) is 0 Å². The zero-order valence-corrected chi connectivity index (χ0v) is 13.9. The summed E-state index contributed by atoms with van der Waals surface area (Å²) in [5.74, 6) is 1.42. The van der Waals surface area contributed by atoms with E-state index in [4.69, 9.17) is 0 Å². The number of nitrogens with zero attached hydrogens (tertiary/aromatic N) is 4. The predicted octanol–water partition coefficient (Wildman–Crippen LogP) is 0.839. The second kappa shape index (κ2) is 7.37. The average molecular weight is 322 g/mol. The molecule has 0 aliphatic carbocycles. The summed E-state index contributed by atoms with van der Waals surface area (Å²) in [4.78, 5) is 4.46. The highest BCUT2D eigenvalue weighted by Gasteiger charge is 2.23. The summed E-state index contributed by atoms with van der Waals surface area (Å²) in [5.41, 5.74) is -0.0461. The van der Waals surface area contributed by atoms with Crippen LogP contribution in [0.3, 0.4) is 0 Å². The average Bonchev–Trinajstić information content (AvgIpc) is 3.14. The predicted molar refractivity (Wildman–Crippen MR) is 87.7 cm³/mol. The van der Waals surface area contributed by atoms with Crippen molar-refractivity contribution in [2.45, 2.75) is 26.0 Å². The van der Waals surface area contributed by atoms with E-state index in [2.05, 4.69) is 25.8 Å². The van der Waals surface area contributed by atoms with Crippen LogP contribution in [-0.2, 0) is 19.2 Å². The Bertz CT molecular complexity index is 605. The molecule has 0 aliphatic rings. The smallest absolute Gasteiger partial charge is 0.191 e.